The number of sulfonamides is 1. The fourth-order valence-corrected chi connectivity index (χ4v) is 3.71. The largest absolute Gasteiger partial charge is 0.351 e. The van der Waals surface area contributed by atoms with Gasteiger partial charge in [0.1, 0.15) is 5.82 Å². The summed E-state index contributed by atoms with van der Waals surface area (Å²) in [6.07, 6.45) is 1.00. The molecule has 10 heteroatoms. The summed E-state index contributed by atoms with van der Waals surface area (Å²) in [5, 5.41) is 4.55. The summed E-state index contributed by atoms with van der Waals surface area (Å²) >= 11 is 12.3. The monoisotopic (exact) mass is 426 g/mol. The normalized spacial score (nSPS) is 11.6. The quantitative estimate of drug-likeness (QED) is 0.678. The maximum Gasteiger partial charge on any atom is 0.351 e. The van der Waals surface area contributed by atoms with Crippen LogP contribution in [-0.2, 0) is 16.6 Å². The van der Waals surface area contributed by atoms with Crippen LogP contribution in [0, 0.1) is 6.92 Å². The number of halogens is 2. The Bertz CT molecular complexity index is 1150. The summed E-state index contributed by atoms with van der Waals surface area (Å²) in [5.74, 6) is 0.493. The average Bonchev–Trinajstić information content (AvgIpc) is 2.85. The Morgan fingerprint density at radius 1 is 1.11 bits per heavy atom. The molecule has 0 radical (unpaired) electrons. The van der Waals surface area contributed by atoms with Crippen LogP contribution < -0.4 is 10.4 Å². The summed E-state index contributed by atoms with van der Waals surface area (Å²) in [6.45, 7) is 2.06. The Kier molecular flexibility index (Phi) is 5.32. The molecule has 0 unspecified atom stereocenters. The third kappa shape index (κ3) is 4.35. The predicted molar refractivity (Wildman–Crippen MR) is 107 cm³/mol. The van der Waals surface area contributed by atoms with Gasteiger partial charge in [0.05, 0.1) is 34.2 Å². The van der Waals surface area contributed by atoms with Crippen molar-refractivity contribution in [1.29, 1.82) is 0 Å². The number of aromatic nitrogens is 3. The van der Waals surface area contributed by atoms with Crippen molar-refractivity contribution >= 4 is 38.9 Å². The minimum atomic E-state index is -3.56. The van der Waals surface area contributed by atoms with Crippen molar-refractivity contribution in [3.63, 3.8) is 0 Å². The first-order valence-corrected chi connectivity index (χ1v) is 10.5. The van der Waals surface area contributed by atoms with Gasteiger partial charge in [0.25, 0.3) is 0 Å². The van der Waals surface area contributed by atoms with E-state index in [1.165, 1.54) is 16.7 Å². The highest BCUT2D eigenvalue weighted by molar-refractivity contribution is 7.92. The van der Waals surface area contributed by atoms with E-state index in [9.17, 15) is 13.2 Å². The Balaban J connectivity index is 2.08. The molecule has 0 spiro atoms. The Morgan fingerprint density at radius 3 is 2.41 bits per heavy atom. The number of anilines is 1. The average molecular weight is 427 g/mol. The minimum absolute atomic E-state index is 0.112. The second-order valence-electron chi connectivity index (χ2n) is 5.97. The maximum atomic E-state index is 12.9. The molecule has 0 atom stereocenters. The molecule has 27 heavy (non-hydrogen) atoms. The number of hydrogen-bond acceptors (Lipinski definition) is 4. The third-order valence-corrected chi connectivity index (χ3v) is 5.00. The van der Waals surface area contributed by atoms with Gasteiger partial charge in [0.2, 0.25) is 10.0 Å². The Labute approximate surface area is 166 Å². The topological polar surface area (TPSA) is 86.0 Å². The van der Waals surface area contributed by atoms with Crippen LogP contribution >= 0.6 is 23.2 Å². The molecule has 0 saturated heterocycles. The van der Waals surface area contributed by atoms with E-state index in [1.54, 1.807) is 6.92 Å². The van der Waals surface area contributed by atoms with E-state index in [-0.39, 0.29) is 21.4 Å². The lowest BCUT2D eigenvalue weighted by Gasteiger charge is -2.10. The smallest absolute Gasteiger partial charge is 0.282 e. The first-order valence-electron chi connectivity index (χ1n) is 7.83. The summed E-state index contributed by atoms with van der Waals surface area (Å²) in [6, 6.07) is 12.2. The predicted octanol–water partition coefficient (Wildman–Crippen LogP) is 3.07. The highest BCUT2D eigenvalue weighted by atomic mass is 35.5. The van der Waals surface area contributed by atoms with E-state index < -0.39 is 15.7 Å². The van der Waals surface area contributed by atoms with Crippen molar-refractivity contribution in [3.05, 3.63) is 74.4 Å². The molecule has 0 bridgehead atoms. The number of rotatable bonds is 5. The van der Waals surface area contributed by atoms with Crippen molar-refractivity contribution < 1.29 is 8.42 Å². The van der Waals surface area contributed by atoms with Gasteiger partial charge < -0.3 is 0 Å². The third-order valence-electron chi connectivity index (χ3n) is 3.79. The van der Waals surface area contributed by atoms with Gasteiger partial charge in [0.15, 0.2) is 0 Å². The van der Waals surface area contributed by atoms with Gasteiger partial charge in [-0.3, -0.25) is 9.29 Å². The number of nitrogens with one attached hydrogen (secondary N) is 1. The number of hydrogen-bond donors (Lipinski definition) is 1. The number of aryl methyl sites for hydroxylation is 1. The lowest BCUT2D eigenvalue weighted by Crippen LogP contribution is -2.25. The summed E-state index contributed by atoms with van der Waals surface area (Å²) in [4.78, 5) is 12.9. The highest BCUT2D eigenvalue weighted by Crippen LogP contribution is 2.31. The zero-order valence-electron chi connectivity index (χ0n) is 14.5. The molecule has 3 rings (SSSR count). The van der Waals surface area contributed by atoms with Crippen LogP contribution in [0.4, 0.5) is 5.69 Å². The first-order chi connectivity index (χ1) is 12.7. The highest BCUT2D eigenvalue weighted by Gasteiger charge is 2.17. The molecule has 142 valence electrons. The fourth-order valence-electron chi connectivity index (χ4n) is 2.58. The molecule has 0 amide bonds. The second kappa shape index (κ2) is 7.38. The maximum absolute atomic E-state index is 12.9. The lowest BCUT2D eigenvalue weighted by atomic mass is 10.2. The standard InChI is InChI=1S/C17H16Cl2N4O3S/c1-11-20-23(17(24)22(11)10-12-6-4-3-5-7-12)16-9-15(21-27(2,25)26)13(18)8-14(16)19/h3-9,21H,10H2,1-2H3. The van der Waals surface area contributed by atoms with E-state index in [2.05, 4.69) is 9.82 Å². The molecule has 7 nitrogen and oxygen atoms in total. The molecule has 0 aliphatic carbocycles. The van der Waals surface area contributed by atoms with E-state index in [1.807, 2.05) is 30.3 Å². The molecule has 1 aromatic heterocycles. The zero-order valence-corrected chi connectivity index (χ0v) is 16.8. The molecular weight excluding hydrogens is 411 g/mol. The van der Waals surface area contributed by atoms with Crippen molar-refractivity contribution in [1.82, 2.24) is 14.3 Å². The fraction of sp³-hybridized carbons (Fsp3) is 0.176. The Hall–Kier alpha value is -2.29. The van der Waals surface area contributed by atoms with Crippen molar-refractivity contribution in [2.75, 3.05) is 11.0 Å². The van der Waals surface area contributed by atoms with Gasteiger partial charge in [-0.1, -0.05) is 53.5 Å². The molecule has 0 aliphatic heterocycles. The molecular formula is C17H16Cl2N4O3S. The van der Waals surface area contributed by atoms with E-state index in [4.69, 9.17) is 23.2 Å². The molecule has 1 heterocycles. The van der Waals surface area contributed by atoms with Gasteiger partial charge >= 0.3 is 5.69 Å². The molecule has 0 saturated carbocycles. The molecule has 3 aromatic rings. The van der Waals surface area contributed by atoms with Crippen molar-refractivity contribution in [2.24, 2.45) is 0 Å². The molecule has 1 N–H and O–H groups in total. The molecule has 0 aliphatic rings. The van der Waals surface area contributed by atoms with Crippen LogP contribution in [0.5, 0.6) is 0 Å². The van der Waals surface area contributed by atoms with Crippen LogP contribution in [0.2, 0.25) is 10.0 Å². The van der Waals surface area contributed by atoms with Gasteiger partial charge in [-0.2, -0.15) is 9.78 Å². The van der Waals surface area contributed by atoms with Gasteiger partial charge in [-0.25, -0.2) is 13.2 Å². The van der Waals surface area contributed by atoms with E-state index >= 15 is 0 Å². The minimum Gasteiger partial charge on any atom is -0.282 e. The summed E-state index contributed by atoms with van der Waals surface area (Å²) in [7, 11) is -3.56. The summed E-state index contributed by atoms with van der Waals surface area (Å²) in [5.41, 5.74) is 0.891. The zero-order chi connectivity index (χ0) is 19.8. The SMILES string of the molecule is Cc1nn(-c2cc(NS(C)(=O)=O)c(Cl)cc2Cl)c(=O)n1Cc1ccccc1. The second-order valence-corrected chi connectivity index (χ2v) is 8.53. The van der Waals surface area contributed by atoms with Crippen LogP contribution in [0.3, 0.4) is 0 Å². The van der Waals surface area contributed by atoms with Crippen LogP contribution in [-0.4, -0.2) is 29.0 Å². The number of nitrogens with zero attached hydrogens (tertiary/aromatic N) is 3. The van der Waals surface area contributed by atoms with E-state index in [0.717, 1.165) is 16.5 Å². The first kappa shape index (κ1) is 19.5. The van der Waals surface area contributed by atoms with Gasteiger partial charge in [-0.05, 0) is 24.6 Å². The van der Waals surface area contributed by atoms with E-state index in [0.29, 0.717) is 12.4 Å². The van der Waals surface area contributed by atoms with Crippen molar-refractivity contribution in [3.8, 4) is 5.69 Å². The summed E-state index contributed by atoms with van der Waals surface area (Å²) < 4.78 is 28.0. The number of benzene rings is 2. The van der Waals surface area contributed by atoms with Crippen LogP contribution in [0.25, 0.3) is 5.69 Å². The van der Waals surface area contributed by atoms with Crippen LogP contribution in [0.1, 0.15) is 11.4 Å². The van der Waals surface area contributed by atoms with Crippen LogP contribution in [0.15, 0.2) is 47.3 Å². The molecule has 2 aromatic carbocycles. The van der Waals surface area contributed by atoms with Gasteiger partial charge in [0, 0.05) is 0 Å². The molecule has 0 fully saturated rings. The lowest BCUT2D eigenvalue weighted by molar-refractivity contribution is 0.607. The Morgan fingerprint density at radius 2 is 1.78 bits per heavy atom. The van der Waals surface area contributed by atoms with Gasteiger partial charge in [-0.15, -0.1) is 0 Å². The van der Waals surface area contributed by atoms with Crippen molar-refractivity contribution in [2.45, 2.75) is 13.5 Å².